The Labute approximate surface area is 84.7 Å². The number of halogens is 3. The Morgan fingerprint density at radius 1 is 1.47 bits per heavy atom. The maximum atomic E-state index is 11.7. The summed E-state index contributed by atoms with van der Waals surface area (Å²) in [6, 6.07) is 0. The molecule has 0 heterocycles. The smallest absolute Gasteiger partial charge is 0.389 e. The lowest BCUT2D eigenvalue weighted by atomic mass is 10.2. The van der Waals surface area contributed by atoms with Crippen LogP contribution in [0, 0.1) is 0 Å². The maximum Gasteiger partial charge on any atom is 0.389 e. The van der Waals surface area contributed by atoms with Crippen LogP contribution in [0.1, 0.15) is 26.2 Å². The first-order chi connectivity index (χ1) is 6.81. The summed E-state index contributed by atoms with van der Waals surface area (Å²) in [4.78, 5) is 14.3. The summed E-state index contributed by atoms with van der Waals surface area (Å²) in [7, 11) is 0. The highest BCUT2D eigenvalue weighted by atomic mass is 19.4. The third-order valence-electron chi connectivity index (χ3n) is 1.41. The molecule has 0 saturated heterocycles. The fourth-order valence-corrected chi connectivity index (χ4v) is 0.788. The largest absolute Gasteiger partial charge is 0.479 e. The lowest BCUT2D eigenvalue weighted by Gasteiger charge is -2.05. The van der Waals surface area contributed by atoms with Crippen LogP contribution in [0.3, 0.4) is 0 Å². The van der Waals surface area contributed by atoms with Gasteiger partial charge in [0.15, 0.2) is 0 Å². The van der Waals surface area contributed by atoms with E-state index in [-0.39, 0.29) is 12.8 Å². The highest BCUT2D eigenvalue weighted by Gasteiger charge is 2.25. The summed E-state index contributed by atoms with van der Waals surface area (Å²) in [5, 5.41) is 11.5. The summed E-state index contributed by atoms with van der Waals surface area (Å²) in [6.07, 6.45) is -4.98. The van der Waals surface area contributed by atoms with E-state index in [1.807, 2.05) is 0 Å². The molecule has 0 aromatic heterocycles. The predicted molar refractivity (Wildman–Crippen MR) is 46.6 cm³/mol. The van der Waals surface area contributed by atoms with Gasteiger partial charge in [0.1, 0.15) is 0 Å². The Hall–Kier alpha value is -1.27. The second-order valence-electron chi connectivity index (χ2n) is 2.96. The summed E-state index contributed by atoms with van der Waals surface area (Å²) in [5.41, 5.74) is 0.348. The zero-order valence-corrected chi connectivity index (χ0v) is 8.17. The van der Waals surface area contributed by atoms with Crippen molar-refractivity contribution in [2.75, 3.05) is 6.61 Å². The minimum atomic E-state index is -4.16. The molecule has 0 aliphatic heterocycles. The molecule has 0 aliphatic carbocycles. The van der Waals surface area contributed by atoms with Gasteiger partial charge in [-0.1, -0.05) is 5.16 Å². The topological polar surface area (TPSA) is 58.9 Å². The highest BCUT2D eigenvalue weighted by molar-refractivity contribution is 5.81. The molecule has 0 unspecified atom stereocenters. The van der Waals surface area contributed by atoms with Gasteiger partial charge in [0.2, 0.25) is 6.61 Å². The van der Waals surface area contributed by atoms with Gasteiger partial charge in [-0.15, -0.1) is 0 Å². The van der Waals surface area contributed by atoms with Gasteiger partial charge in [-0.25, -0.2) is 4.79 Å². The summed E-state index contributed by atoms with van der Waals surface area (Å²) >= 11 is 0. The lowest BCUT2D eigenvalue weighted by Crippen LogP contribution is -2.08. The third-order valence-corrected chi connectivity index (χ3v) is 1.41. The van der Waals surface area contributed by atoms with Crippen LogP contribution in [0.15, 0.2) is 5.16 Å². The van der Waals surface area contributed by atoms with Crippen LogP contribution < -0.4 is 0 Å². The van der Waals surface area contributed by atoms with Crippen molar-refractivity contribution >= 4 is 11.7 Å². The van der Waals surface area contributed by atoms with Gasteiger partial charge in [0.25, 0.3) is 0 Å². The van der Waals surface area contributed by atoms with Crippen molar-refractivity contribution in [2.45, 2.75) is 32.4 Å². The van der Waals surface area contributed by atoms with Crippen LogP contribution in [0.4, 0.5) is 13.2 Å². The average molecular weight is 227 g/mol. The van der Waals surface area contributed by atoms with Gasteiger partial charge >= 0.3 is 12.1 Å². The number of carbonyl (C=O) groups is 1. The number of alkyl halides is 3. The van der Waals surface area contributed by atoms with Gasteiger partial charge in [0, 0.05) is 6.42 Å². The highest BCUT2D eigenvalue weighted by Crippen LogP contribution is 2.22. The summed E-state index contributed by atoms with van der Waals surface area (Å²) < 4.78 is 35.1. The van der Waals surface area contributed by atoms with Gasteiger partial charge in [-0.3, -0.25) is 0 Å². The van der Waals surface area contributed by atoms with Gasteiger partial charge in [0.05, 0.1) is 5.71 Å². The van der Waals surface area contributed by atoms with E-state index in [1.165, 1.54) is 6.92 Å². The first-order valence-electron chi connectivity index (χ1n) is 4.25. The van der Waals surface area contributed by atoms with Crippen molar-refractivity contribution in [3.63, 3.8) is 0 Å². The number of nitrogens with zero attached hydrogens (tertiary/aromatic N) is 1. The number of aliphatic carboxylic acids is 1. The van der Waals surface area contributed by atoms with Gasteiger partial charge in [-0.2, -0.15) is 13.2 Å². The van der Waals surface area contributed by atoms with Crippen molar-refractivity contribution in [1.29, 1.82) is 0 Å². The molecule has 0 bridgehead atoms. The van der Waals surface area contributed by atoms with Crippen LogP contribution >= 0.6 is 0 Å². The van der Waals surface area contributed by atoms with Crippen LogP contribution in [-0.4, -0.2) is 29.6 Å². The fourth-order valence-electron chi connectivity index (χ4n) is 0.788. The van der Waals surface area contributed by atoms with E-state index in [2.05, 4.69) is 9.99 Å². The van der Waals surface area contributed by atoms with Gasteiger partial charge in [-0.05, 0) is 19.8 Å². The molecule has 0 radical (unpaired) electrons. The molecule has 0 amide bonds. The van der Waals surface area contributed by atoms with E-state index < -0.39 is 25.2 Å². The molecule has 0 spiro atoms. The average Bonchev–Trinajstić information content (AvgIpc) is 2.00. The number of hydrogen-bond donors (Lipinski definition) is 1. The van der Waals surface area contributed by atoms with Crippen molar-refractivity contribution in [1.82, 2.24) is 0 Å². The van der Waals surface area contributed by atoms with E-state index in [0.717, 1.165) is 0 Å². The lowest BCUT2D eigenvalue weighted by molar-refractivity contribution is -0.142. The molecule has 7 heteroatoms. The van der Waals surface area contributed by atoms with Crippen LogP contribution in [0.25, 0.3) is 0 Å². The Morgan fingerprint density at radius 2 is 2.07 bits per heavy atom. The molecule has 0 saturated carbocycles. The molecule has 0 aliphatic rings. The van der Waals surface area contributed by atoms with Crippen molar-refractivity contribution in [3.05, 3.63) is 0 Å². The van der Waals surface area contributed by atoms with Gasteiger partial charge < -0.3 is 9.94 Å². The Kier molecular flexibility index (Phi) is 5.73. The second kappa shape index (κ2) is 6.26. The Morgan fingerprint density at radius 3 is 2.53 bits per heavy atom. The SMILES string of the molecule is CC(CCCC(F)(F)F)=NOCC(=O)O. The molecule has 88 valence electrons. The zero-order chi connectivity index (χ0) is 11.9. The summed E-state index contributed by atoms with van der Waals surface area (Å²) in [6.45, 7) is 0.898. The Bertz CT molecular complexity index is 238. The first-order valence-corrected chi connectivity index (χ1v) is 4.25. The number of carboxylic acids is 1. The number of oxime groups is 1. The van der Waals surface area contributed by atoms with Crippen molar-refractivity contribution < 1.29 is 27.9 Å². The van der Waals surface area contributed by atoms with E-state index >= 15 is 0 Å². The molecule has 0 rings (SSSR count). The van der Waals surface area contributed by atoms with E-state index in [1.54, 1.807) is 0 Å². The zero-order valence-electron chi connectivity index (χ0n) is 8.17. The second-order valence-corrected chi connectivity index (χ2v) is 2.96. The van der Waals surface area contributed by atoms with Crippen LogP contribution in [-0.2, 0) is 9.63 Å². The molecule has 0 aromatic rings. The minimum absolute atomic E-state index is 0.0741. The summed E-state index contributed by atoms with van der Waals surface area (Å²) in [5.74, 6) is -1.18. The number of rotatable bonds is 6. The molecule has 0 fully saturated rings. The quantitative estimate of drug-likeness (QED) is 0.559. The predicted octanol–water partition coefficient (Wildman–Crippen LogP) is 2.20. The molecule has 0 aromatic carbocycles. The van der Waals surface area contributed by atoms with Crippen molar-refractivity contribution in [2.24, 2.45) is 5.16 Å². The Balaban J connectivity index is 3.64. The van der Waals surface area contributed by atoms with Crippen LogP contribution in [0.5, 0.6) is 0 Å². The molecular formula is C8H12F3NO3. The molecule has 0 atom stereocenters. The monoisotopic (exact) mass is 227 g/mol. The fraction of sp³-hybridized carbons (Fsp3) is 0.750. The third kappa shape index (κ3) is 10.7. The maximum absolute atomic E-state index is 11.7. The standard InChI is InChI=1S/C8H12F3NO3/c1-6(12-15-5-7(13)14)3-2-4-8(9,10)11/h2-5H2,1H3,(H,13,14). The molecule has 1 N–H and O–H groups in total. The van der Waals surface area contributed by atoms with Crippen LogP contribution in [0.2, 0.25) is 0 Å². The molecule has 15 heavy (non-hydrogen) atoms. The molecule has 4 nitrogen and oxygen atoms in total. The van der Waals surface area contributed by atoms with E-state index in [9.17, 15) is 18.0 Å². The van der Waals surface area contributed by atoms with E-state index in [4.69, 9.17) is 5.11 Å². The first kappa shape index (κ1) is 13.7. The van der Waals surface area contributed by atoms with E-state index in [0.29, 0.717) is 5.71 Å². The number of carboxylic acid groups (broad SMARTS) is 1. The minimum Gasteiger partial charge on any atom is -0.479 e. The number of hydrogen-bond acceptors (Lipinski definition) is 3. The normalized spacial score (nSPS) is 12.7. The molecular weight excluding hydrogens is 215 g/mol. The van der Waals surface area contributed by atoms with Crippen molar-refractivity contribution in [3.8, 4) is 0 Å².